The van der Waals surface area contributed by atoms with E-state index in [0.29, 0.717) is 19.7 Å². The molecule has 0 bridgehead atoms. The van der Waals surface area contributed by atoms with E-state index in [1.165, 1.54) is 0 Å². The van der Waals surface area contributed by atoms with Gasteiger partial charge in [-0.15, -0.1) is 5.10 Å². The molecular weight excluding hydrogens is 244 g/mol. The number of hydrogen-bond acceptors (Lipinski definition) is 5. The van der Waals surface area contributed by atoms with Crippen molar-refractivity contribution < 1.29 is 9.84 Å². The molecule has 1 aromatic carbocycles. The van der Waals surface area contributed by atoms with Crippen LogP contribution in [0.4, 0.5) is 0 Å². The van der Waals surface area contributed by atoms with Crippen molar-refractivity contribution in [3.63, 3.8) is 0 Å². The fourth-order valence-electron chi connectivity index (χ4n) is 1.68. The Bertz CT molecular complexity index is 496. The number of phenolic OH excluding ortho intramolecular Hbond substituents is 1. The van der Waals surface area contributed by atoms with Crippen LogP contribution in [0, 0.1) is 0 Å². The van der Waals surface area contributed by atoms with Crippen molar-refractivity contribution in [2.75, 3.05) is 20.3 Å². The second kappa shape index (κ2) is 6.86. The molecule has 0 unspecified atom stereocenters. The van der Waals surface area contributed by atoms with E-state index in [-0.39, 0.29) is 5.75 Å². The molecule has 0 saturated carbocycles. The summed E-state index contributed by atoms with van der Waals surface area (Å²) in [5.41, 5.74) is 1.97. The second-order valence-corrected chi connectivity index (χ2v) is 4.24. The van der Waals surface area contributed by atoms with E-state index < -0.39 is 0 Å². The molecule has 0 aliphatic heterocycles. The first-order chi connectivity index (χ1) is 9.28. The summed E-state index contributed by atoms with van der Waals surface area (Å²) < 4.78 is 6.73. The van der Waals surface area contributed by atoms with E-state index >= 15 is 0 Å². The first-order valence-electron chi connectivity index (χ1n) is 6.14. The zero-order chi connectivity index (χ0) is 13.5. The molecule has 6 nitrogen and oxygen atoms in total. The van der Waals surface area contributed by atoms with Crippen LogP contribution in [0.5, 0.6) is 5.75 Å². The molecule has 0 radical (unpaired) electrons. The molecule has 2 N–H and O–H groups in total. The van der Waals surface area contributed by atoms with Crippen LogP contribution in [0.15, 0.2) is 30.5 Å². The number of ether oxygens (including phenoxy) is 1. The van der Waals surface area contributed by atoms with Crippen molar-refractivity contribution in [3.05, 3.63) is 41.7 Å². The molecule has 6 heteroatoms. The van der Waals surface area contributed by atoms with Gasteiger partial charge in [0.05, 0.1) is 25.0 Å². The van der Waals surface area contributed by atoms with Crippen LogP contribution in [-0.4, -0.2) is 40.4 Å². The predicted octanol–water partition coefficient (Wildman–Crippen LogP) is 0.768. The Morgan fingerprint density at radius 2 is 2.11 bits per heavy atom. The van der Waals surface area contributed by atoms with Gasteiger partial charge in [-0.2, -0.15) is 0 Å². The first kappa shape index (κ1) is 13.5. The van der Waals surface area contributed by atoms with Gasteiger partial charge < -0.3 is 15.2 Å². The predicted molar refractivity (Wildman–Crippen MR) is 70.8 cm³/mol. The van der Waals surface area contributed by atoms with Crippen LogP contribution in [0.25, 0.3) is 0 Å². The fraction of sp³-hybridized carbons (Fsp3) is 0.385. The quantitative estimate of drug-likeness (QED) is 0.721. The highest BCUT2D eigenvalue weighted by Gasteiger charge is 2.01. The molecule has 2 rings (SSSR count). The summed E-state index contributed by atoms with van der Waals surface area (Å²) in [5, 5.41) is 20.6. The second-order valence-electron chi connectivity index (χ2n) is 4.24. The van der Waals surface area contributed by atoms with Gasteiger partial charge in [0, 0.05) is 20.2 Å². The summed E-state index contributed by atoms with van der Waals surface area (Å²) in [5.74, 6) is 0.269. The van der Waals surface area contributed by atoms with Gasteiger partial charge in [-0.3, -0.25) is 0 Å². The molecule has 102 valence electrons. The molecular formula is C13H18N4O2. The lowest BCUT2D eigenvalue weighted by Gasteiger charge is -2.01. The molecule has 0 saturated heterocycles. The van der Waals surface area contributed by atoms with Crippen LogP contribution >= 0.6 is 0 Å². The largest absolute Gasteiger partial charge is 0.508 e. The molecule has 1 heterocycles. The van der Waals surface area contributed by atoms with Crippen LogP contribution in [0.3, 0.4) is 0 Å². The first-order valence-corrected chi connectivity index (χ1v) is 6.14. The minimum atomic E-state index is 0.269. The summed E-state index contributed by atoms with van der Waals surface area (Å²) in [6.07, 6.45) is 1.91. The Hall–Kier alpha value is -1.92. The molecule has 0 atom stereocenters. The van der Waals surface area contributed by atoms with Gasteiger partial charge in [-0.05, 0) is 17.7 Å². The van der Waals surface area contributed by atoms with E-state index in [0.717, 1.165) is 17.8 Å². The van der Waals surface area contributed by atoms with Gasteiger partial charge in [0.1, 0.15) is 5.75 Å². The van der Waals surface area contributed by atoms with Crippen molar-refractivity contribution >= 4 is 0 Å². The molecule has 0 amide bonds. The number of methoxy groups -OCH3 is 1. The number of aromatic nitrogens is 3. The van der Waals surface area contributed by atoms with Crippen LogP contribution in [0.1, 0.15) is 11.3 Å². The normalized spacial score (nSPS) is 10.8. The minimum Gasteiger partial charge on any atom is -0.508 e. The van der Waals surface area contributed by atoms with E-state index in [2.05, 4.69) is 15.6 Å². The lowest BCUT2D eigenvalue weighted by atomic mass is 10.2. The van der Waals surface area contributed by atoms with Gasteiger partial charge in [0.25, 0.3) is 0 Å². The molecule has 2 aromatic rings. The van der Waals surface area contributed by atoms with Crippen molar-refractivity contribution in [2.45, 2.75) is 13.1 Å². The number of rotatable bonds is 7. The summed E-state index contributed by atoms with van der Waals surface area (Å²) >= 11 is 0. The third kappa shape index (κ3) is 4.35. The van der Waals surface area contributed by atoms with Gasteiger partial charge in [-0.25, -0.2) is 4.68 Å². The number of benzene rings is 1. The third-order valence-electron chi connectivity index (χ3n) is 2.66. The van der Waals surface area contributed by atoms with Crippen molar-refractivity contribution in [1.29, 1.82) is 0 Å². The van der Waals surface area contributed by atoms with Crippen molar-refractivity contribution in [1.82, 2.24) is 20.3 Å². The Morgan fingerprint density at radius 1 is 1.32 bits per heavy atom. The standard InChI is InChI=1S/C13H18N4O2/c1-19-7-6-14-8-12-10-17(16-15-12)9-11-2-4-13(18)5-3-11/h2-5,10,14,18H,6-9H2,1H3. The summed E-state index contributed by atoms with van der Waals surface area (Å²) in [6.45, 7) is 2.80. The Morgan fingerprint density at radius 3 is 2.84 bits per heavy atom. The molecule has 0 aliphatic rings. The number of nitrogens with zero attached hydrogens (tertiary/aromatic N) is 3. The highest BCUT2D eigenvalue weighted by atomic mass is 16.5. The maximum atomic E-state index is 9.21. The van der Waals surface area contributed by atoms with Crippen molar-refractivity contribution in [3.8, 4) is 5.75 Å². The SMILES string of the molecule is COCCNCc1cn(Cc2ccc(O)cc2)nn1. The lowest BCUT2D eigenvalue weighted by molar-refractivity contribution is 0.199. The monoisotopic (exact) mass is 262 g/mol. The number of aromatic hydroxyl groups is 1. The molecule has 0 aliphatic carbocycles. The average Bonchev–Trinajstić information content (AvgIpc) is 2.85. The number of nitrogens with one attached hydrogen (secondary N) is 1. The third-order valence-corrected chi connectivity index (χ3v) is 2.66. The summed E-state index contributed by atoms with van der Waals surface area (Å²) in [7, 11) is 1.68. The van der Waals surface area contributed by atoms with Gasteiger partial charge in [0.2, 0.25) is 0 Å². The highest BCUT2D eigenvalue weighted by Crippen LogP contribution is 2.10. The lowest BCUT2D eigenvalue weighted by Crippen LogP contribution is -2.18. The maximum Gasteiger partial charge on any atom is 0.115 e. The zero-order valence-corrected chi connectivity index (χ0v) is 10.9. The van der Waals surface area contributed by atoms with Crippen LogP contribution in [-0.2, 0) is 17.8 Å². The zero-order valence-electron chi connectivity index (χ0n) is 10.9. The van der Waals surface area contributed by atoms with Gasteiger partial charge in [-0.1, -0.05) is 17.3 Å². The summed E-state index contributed by atoms with van der Waals surface area (Å²) in [4.78, 5) is 0. The molecule has 19 heavy (non-hydrogen) atoms. The van der Waals surface area contributed by atoms with Crippen molar-refractivity contribution in [2.24, 2.45) is 0 Å². The maximum absolute atomic E-state index is 9.21. The van der Waals surface area contributed by atoms with Gasteiger partial charge in [0.15, 0.2) is 0 Å². The smallest absolute Gasteiger partial charge is 0.115 e. The van der Waals surface area contributed by atoms with Crippen LogP contribution < -0.4 is 5.32 Å². The molecule has 1 aromatic heterocycles. The Balaban J connectivity index is 1.85. The number of phenols is 1. The number of hydrogen-bond donors (Lipinski definition) is 2. The average molecular weight is 262 g/mol. The van der Waals surface area contributed by atoms with E-state index in [1.807, 2.05) is 18.3 Å². The Kier molecular flexibility index (Phi) is 4.88. The van der Waals surface area contributed by atoms with E-state index in [4.69, 9.17) is 4.74 Å². The molecule has 0 fully saturated rings. The molecule has 0 spiro atoms. The van der Waals surface area contributed by atoms with Crippen LogP contribution in [0.2, 0.25) is 0 Å². The topological polar surface area (TPSA) is 72.2 Å². The minimum absolute atomic E-state index is 0.269. The fourth-order valence-corrected chi connectivity index (χ4v) is 1.68. The Labute approximate surface area is 112 Å². The van der Waals surface area contributed by atoms with E-state index in [1.54, 1.807) is 23.9 Å². The summed E-state index contributed by atoms with van der Waals surface area (Å²) in [6, 6.07) is 7.07. The highest BCUT2D eigenvalue weighted by molar-refractivity contribution is 5.25. The van der Waals surface area contributed by atoms with E-state index in [9.17, 15) is 5.11 Å². The van der Waals surface area contributed by atoms with Gasteiger partial charge >= 0.3 is 0 Å².